The first-order valence-electron chi connectivity index (χ1n) is 11.2. The van der Waals surface area contributed by atoms with Crippen molar-refractivity contribution in [2.45, 2.75) is 6.92 Å². The van der Waals surface area contributed by atoms with E-state index in [2.05, 4.69) is 21.2 Å². The van der Waals surface area contributed by atoms with E-state index in [4.69, 9.17) is 37.4 Å². The van der Waals surface area contributed by atoms with Crippen LogP contribution in [-0.2, 0) is 14.4 Å². The number of nitrogens with one attached hydrogen (secondary N) is 3. The first-order valence-corrected chi connectivity index (χ1v) is 12.0. The molecule has 3 N–H and O–H groups in total. The number of para-hydroxylation sites is 2. The van der Waals surface area contributed by atoms with Gasteiger partial charge in [0.25, 0.3) is 5.91 Å². The van der Waals surface area contributed by atoms with E-state index in [1.807, 2.05) is 6.92 Å². The Morgan fingerprint density at radius 2 is 1.66 bits per heavy atom. The molecule has 198 valence electrons. The Morgan fingerprint density at radius 1 is 0.868 bits per heavy atom. The van der Waals surface area contributed by atoms with Gasteiger partial charge in [0, 0.05) is 5.69 Å². The maximum absolute atomic E-state index is 12.2. The lowest BCUT2D eigenvalue weighted by atomic mass is 10.2. The number of amides is 3. The normalized spacial score (nSPS) is 10.5. The Labute approximate surface area is 228 Å². The van der Waals surface area contributed by atoms with E-state index in [-0.39, 0.29) is 6.61 Å². The summed E-state index contributed by atoms with van der Waals surface area (Å²) in [6.07, 6.45) is 1.32. The Kier molecular flexibility index (Phi) is 10.3. The fourth-order valence-electron chi connectivity index (χ4n) is 3.04. The molecular formula is C26H24Cl2N4O6. The van der Waals surface area contributed by atoms with Gasteiger partial charge in [0.05, 0.1) is 35.7 Å². The Bertz CT molecular complexity index is 1350. The molecule has 0 unspecified atom stereocenters. The number of hydrogen-bond donors (Lipinski definition) is 3. The number of ether oxygens (including phenoxy) is 3. The molecule has 3 aromatic rings. The smallest absolute Gasteiger partial charge is 0.329 e. The molecule has 0 aliphatic carbocycles. The van der Waals surface area contributed by atoms with Crippen molar-refractivity contribution < 1.29 is 28.6 Å². The SMILES string of the molecule is CCOc1ccccc1NC(=O)C(=O)N/N=C\c1ccc(OCC(=O)Nc2ccc(Cl)c(Cl)c2)c(OC)c1. The zero-order chi connectivity index (χ0) is 27.5. The largest absolute Gasteiger partial charge is 0.493 e. The van der Waals surface area contributed by atoms with Crippen molar-refractivity contribution in [1.29, 1.82) is 0 Å². The molecule has 10 nitrogen and oxygen atoms in total. The van der Waals surface area contributed by atoms with Gasteiger partial charge in [-0.15, -0.1) is 0 Å². The first-order chi connectivity index (χ1) is 18.3. The molecule has 0 fully saturated rings. The highest BCUT2D eigenvalue weighted by Gasteiger charge is 2.15. The predicted octanol–water partition coefficient (Wildman–Crippen LogP) is 4.51. The van der Waals surface area contributed by atoms with Crippen molar-refractivity contribution >= 4 is 58.5 Å². The maximum Gasteiger partial charge on any atom is 0.329 e. The highest BCUT2D eigenvalue weighted by Crippen LogP contribution is 2.28. The number of rotatable bonds is 10. The summed E-state index contributed by atoms with van der Waals surface area (Å²) in [6, 6.07) is 16.3. The van der Waals surface area contributed by atoms with E-state index in [0.717, 1.165) is 0 Å². The lowest BCUT2D eigenvalue weighted by molar-refractivity contribution is -0.136. The summed E-state index contributed by atoms with van der Waals surface area (Å²) >= 11 is 11.8. The zero-order valence-corrected chi connectivity index (χ0v) is 21.9. The first kappa shape index (κ1) is 28.3. The topological polar surface area (TPSA) is 127 Å². The lowest BCUT2D eigenvalue weighted by Gasteiger charge is -2.12. The minimum Gasteiger partial charge on any atom is -0.493 e. The van der Waals surface area contributed by atoms with Crippen molar-refractivity contribution in [3.05, 3.63) is 76.3 Å². The molecule has 0 atom stereocenters. The second-order valence-electron chi connectivity index (χ2n) is 7.46. The Morgan fingerprint density at radius 3 is 2.39 bits per heavy atom. The molecule has 0 aromatic heterocycles. The summed E-state index contributed by atoms with van der Waals surface area (Å²) in [5.74, 6) is -1.21. The number of hydrazone groups is 1. The molecule has 0 aliphatic heterocycles. The summed E-state index contributed by atoms with van der Waals surface area (Å²) in [5, 5.41) is 9.63. The van der Waals surface area contributed by atoms with Crippen LogP contribution in [0, 0.1) is 0 Å². The molecule has 3 rings (SSSR count). The fourth-order valence-corrected chi connectivity index (χ4v) is 3.34. The number of carbonyl (C=O) groups is 3. The number of halogens is 2. The third-order valence-electron chi connectivity index (χ3n) is 4.77. The van der Waals surface area contributed by atoms with Crippen LogP contribution in [0.25, 0.3) is 0 Å². The second kappa shape index (κ2) is 13.9. The molecule has 0 heterocycles. The average molecular weight is 559 g/mol. The summed E-state index contributed by atoms with van der Waals surface area (Å²) in [7, 11) is 1.44. The number of methoxy groups -OCH3 is 1. The summed E-state index contributed by atoms with van der Waals surface area (Å²) < 4.78 is 16.3. The van der Waals surface area contributed by atoms with Crippen LogP contribution in [0.3, 0.4) is 0 Å². The molecule has 38 heavy (non-hydrogen) atoms. The molecule has 3 amide bonds. The number of nitrogens with zero attached hydrogens (tertiary/aromatic N) is 1. The highest BCUT2D eigenvalue weighted by atomic mass is 35.5. The standard InChI is InChI=1S/C26H24Cl2N4O6/c1-3-37-21-7-5-4-6-20(21)31-25(34)26(35)32-29-14-16-8-11-22(23(12-16)36-2)38-15-24(33)30-17-9-10-18(27)19(28)13-17/h4-14H,3,15H2,1-2H3,(H,30,33)(H,31,34)(H,32,35)/b29-14-. The number of anilines is 2. The van der Waals surface area contributed by atoms with Crippen LogP contribution in [0.1, 0.15) is 12.5 Å². The van der Waals surface area contributed by atoms with Gasteiger partial charge in [0.2, 0.25) is 0 Å². The summed E-state index contributed by atoms with van der Waals surface area (Å²) in [5.41, 5.74) is 3.54. The van der Waals surface area contributed by atoms with E-state index < -0.39 is 17.7 Å². The molecule has 0 spiro atoms. The summed E-state index contributed by atoms with van der Waals surface area (Å²) in [4.78, 5) is 36.5. The Hall–Kier alpha value is -4.28. The van der Waals surface area contributed by atoms with Crippen LogP contribution in [-0.4, -0.2) is 44.3 Å². The van der Waals surface area contributed by atoms with Crippen molar-refractivity contribution in [3.8, 4) is 17.2 Å². The van der Waals surface area contributed by atoms with Crippen LogP contribution in [0.4, 0.5) is 11.4 Å². The van der Waals surface area contributed by atoms with Crippen molar-refractivity contribution in [1.82, 2.24) is 5.43 Å². The summed E-state index contributed by atoms with van der Waals surface area (Å²) in [6.45, 7) is 1.92. The fraction of sp³-hybridized carbons (Fsp3) is 0.154. The highest BCUT2D eigenvalue weighted by molar-refractivity contribution is 6.42. The van der Waals surface area contributed by atoms with E-state index in [1.54, 1.807) is 54.6 Å². The van der Waals surface area contributed by atoms with Crippen molar-refractivity contribution in [2.75, 3.05) is 31.0 Å². The van der Waals surface area contributed by atoms with Gasteiger partial charge in [-0.2, -0.15) is 5.10 Å². The van der Waals surface area contributed by atoms with Gasteiger partial charge in [0.15, 0.2) is 18.1 Å². The van der Waals surface area contributed by atoms with Crippen molar-refractivity contribution in [3.63, 3.8) is 0 Å². The van der Waals surface area contributed by atoms with Gasteiger partial charge in [-0.3, -0.25) is 14.4 Å². The number of hydrogen-bond acceptors (Lipinski definition) is 7. The molecule has 0 bridgehead atoms. The van der Waals surface area contributed by atoms with Gasteiger partial charge in [0.1, 0.15) is 5.75 Å². The minimum atomic E-state index is -0.965. The van der Waals surface area contributed by atoms with E-state index >= 15 is 0 Å². The molecule has 3 aromatic carbocycles. The van der Waals surface area contributed by atoms with Crippen LogP contribution in [0.2, 0.25) is 10.0 Å². The quantitative estimate of drug-likeness (QED) is 0.191. The van der Waals surface area contributed by atoms with Crippen LogP contribution in [0.15, 0.2) is 65.8 Å². The van der Waals surface area contributed by atoms with Gasteiger partial charge < -0.3 is 24.8 Å². The van der Waals surface area contributed by atoms with E-state index in [1.165, 1.54) is 19.4 Å². The minimum absolute atomic E-state index is 0.290. The van der Waals surface area contributed by atoms with Gasteiger partial charge in [-0.25, -0.2) is 5.43 Å². The average Bonchev–Trinajstić information content (AvgIpc) is 2.91. The molecule has 0 radical (unpaired) electrons. The second-order valence-corrected chi connectivity index (χ2v) is 8.27. The Balaban J connectivity index is 1.53. The van der Waals surface area contributed by atoms with Gasteiger partial charge >= 0.3 is 11.8 Å². The van der Waals surface area contributed by atoms with Crippen molar-refractivity contribution in [2.24, 2.45) is 5.10 Å². The van der Waals surface area contributed by atoms with Crippen LogP contribution < -0.4 is 30.3 Å². The predicted molar refractivity (Wildman–Crippen MR) is 146 cm³/mol. The van der Waals surface area contributed by atoms with Crippen LogP contribution >= 0.6 is 23.2 Å². The molecular weight excluding hydrogens is 535 g/mol. The molecule has 0 aliphatic rings. The number of carbonyl (C=O) groups excluding carboxylic acids is 3. The van der Waals surface area contributed by atoms with Gasteiger partial charge in [-0.05, 0) is 61.0 Å². The van der Waals surface area contributed by atoms with E-state index in [9.17, 15) is 14.4 Å². The molecule has 12 heteroatoms. The lowest BCUT2D eigenvalue weighted by Crippen LogP contribution is -2.32. The molecule has 0 saturated heterocycles. The number of benzene rings is 3. The van der Waals surface area contributed by atoms with Gasteiger partial charge in [-0.1, -0.05) is 35.3 Å². The van der Waals surface area contributed by atoms with E-state index in [0.29, 0.717) is 50.8 Å². The zero-order valence-electron chi connectivity index (χ0n) is 20.4. The third-order valence-corrected chi connectivity index (χ3v) is 5.51. The third kappa shape index (κ3) is 8.12. The maximum atomic E-state index is 12.2. The molecule has 0 saturated carbocycles. The monoisotopic (exact) mass is 558 g/mol. The van der Waals surface area contributed by atoms with Crippen LogP contribution in [0.5, 0.6) is 17.2 Å².